The third-order valence-electron chi connectivity index (χ3n) is 2.10. The molecule has 0 fully saturated rings. The fraction of sp³-hybridized carbons (Fsp3) is 0.200. The SMILES string of the molecule is N#Cc1csc(-c2csc(C[C@H](N)C(=O)O)n2)n1. The summed E-state index contributed by atoms with van der Waals surface area (Å²) in [7, 11) is 0. The van der Waals surface area contributed by atoms with Crippen LogP contribution in [0.3, 0.4) is 0 Å². The first-order chi connectivity index (χ1) is 8.60. The van der Waals surface area contributed by atoms with Crippen molar-refractivity contribution in [3.05, 3.63) is 21.5 Å². The second-order valence-corrected chi connectivity index (χ2v) is 5.23. The van der Waals surface area contributed by atoms with Gasteiger partial charge in [0, 0.05) is 17.2 Å². The molecular weight excluding hydrogens is 272 g/mol. The van der Waals surface area contributed by atoms with Crippen LogP contribution in [-0.2, 0) is 11.2 Å². The van der Waals surface area contributed by atoms with Crippen LogP contribution in [0.4, 0.5) is 0 Å². The Hall–Kier alpha value is -1.82. The monoisotopic (exact) mass is 280 g/mol. The Bertz CT molecular complexity index is 613. The van der Waals surface area contributed by atoms with E-state index in [1.165, 1.54) is 22.7 Å². The molecule has 0 spiro atoms. The molecule has 2 rings (SSSR count). The molecule has 6 nitrogen and oxygen atoms in total. The van der Waals surface area contributed by atoms with Gasteiger partial charge in [-0.15, -0.1) is 22.7 Å². The third-order valence-corrected chi connectivity index (χ3v) is 3.84. The van der Waals surface area contributed by atoms with Gasteiger partial charge in [0.15, 0.2) is 5.69 Å². The highest BCUT2D eigenvalue weighted by Crippen LogP contribution is 2.25. The zero-order valence-corrected chi connectivity index (χ0v) is 10.7. The van der Waals surface area contributed by atoms with Gasteiger partial charge in [0.1, 0.15) is 22.8 Å². The molecule has 0 saturated carbocycles. The van der Waals surface area contributed by atoms with E-state index in [0.29, 0.717) is 21.4 Å². The summed E-state index contributed by atoms with van der Waals surface area (Å²) >= 11 is 2.67. The number of aromatic nitrogens is 2. The van der Waals surface area contributed by atoms with Crippen molar-refractivity contribution in [2.75, 3.05) is 0 Å². The Balaban J connectivity index is 2.15. The standard InChI is InChI=1S/C10H8N4O2S2/c11-2-5-3-18-9(13-5)7-4-17-8(14-7)1-6(12)10(15)16/h3-4,6H,1,12H2,(H,15,16)/t6-/m0/s1. The van der Waals surface area contributed by atoms with Crippen LogP contribution in [0.5, 0.6) is 0 Å². The second-order valence-electron chi connectivity index (χ2n) is 3.43. The summed E-state index contributed by atoms with van der Waals surface area (Å²) in [6.07, 6.45) is 0.191. The van der Waals surface area contributed by atoms with Gasteiger partial charge in [-0.05, 0) is 0 Å². The summed E-state index contributed by atoms with van der Waals surface area (Å²) in [5.41, 5.74) is 6.44. The normalized spacial score (nSPS) is 12.0. The highest BCUT2D eigenvalue weighted by molar-refractivity contribution is 7.14. The zero-order chi connectivity index (χ0) is 13.1. The van der Waals surface area contributed by atoms with Gasteiger partial charge >= 0.3 is 5.97 Å². The smallest absolute Gasteiger partial charge is 0.320 e. The molecular formula is C10H8N4O2S2. The van der Waals surface area contributed by atoms with Crippen molar-refractivity contribution < 1.29 is 9.90 Å². The molecule has 0 unspecified atom stereocenters. The van der Waals surface area contributed by atoms with Crippen molar-refractivity contribution in [2.24, 2.45) is 5.73 Å². The lowest BCUT2D eigenvalue weighted by Gasteiger charge is -2.01. The van der Waals surface area contributed by atoms with Gasteiger partial charge in [-0.2, -0.15) is 5.26 Å². The summed E-state index contributed by atoms with van der Waals surface area (Å²) in [6.45, 7) is 0. The summed E-state index contributed by atoms with van der Waals surface area (Å²) in [4.78, 5) is 19.0. The first-order valence-corrected chi connectivity index (χ1v) is 6.65. The average molecular weight is 280 g/mol. The zero-order valence-electron chi connectivity index (χ0n) is 9.03. The molecule has 0 radical (unpaired) electrons. The molecule has 92 valence electrons. The molecule has 0 aliphatic rings. The number of aliphatic carboxylic acids is 1. The van der Waals surface area contributed by atoms with Crippen molar-refractivity contribution >= 4 is 28.6 Å². The molecule has 8 heteroatoms. The Kier molecular flexibility index (Phi) is 3.66. The minimum Gasteiger partial charge on any atom is -0.480 e. The number of thiazole rings is 2. The van der Waals surface area contributed by atoms with Gasteiger partial charge in [0.2, 0.25) is 0 Å². The molecule has 0 aliphatic carbocycles. The molecule has 2 aromatic heterocycles. The van der Waals surface area contributed by atoms with Crippen LogP contribution in [-0.4, -0.2) is 27.1 Å². The fourth-order valence-corrected chi connectivity index (χ4v) is 2.84. The lowest BCUT2D eigenvalue weighted by atomic mass is 10.2. The number of hydrogen-bond donors (Lipinski definition) is 2. The Morgan fingerprint density at radius 3 is 2.89 bits per heavy atom. The number of rotatable bonds is 4. The third kappa shape index (κ3) is 2.70. The molecule has 0 aliphatic heterocycles. The molecule has 18 heavy (non-hydrogen) atoms. The van der Waals surface area contributed by atoms with E-state index in [4.69, 9.17) is 16.1 Å². The van der Waals surface area contributed by atoms with Crippen LogP contribution in [0, 0.1) is 11.3 Å². The Labute approximate surface area is 110 Å². The fourth-order valence-electron chi connectivity index (χ4n) is 1.22. The van der Waals surface area contributed by atoms with Crippen LogP contribution in [0.2, 0.25) is 0 Å². The van der Waals surface area contributed by atoms with Gasteiger partial charge in [-0.3, -0.25) is 4.79 Å². The number of nitrogens with two attached hydrogens (primary N) is 1. The van der Waals surface area contributed by atoms with Gasteiger partial charge < -0.3 is 10.8 Å². The summed E-state index contributed by atoms with van der Waals surface area (Å²) < 4.78 is 0. The first-order valence-electron chi connectivity index (χ1n) is 4.89. The van der Waals surface area contributed by atoms with E-state index >= 15 is 0 Å². The molecule has 1 atom stereocenters. The number of nitriles is 1. The maximum atomic E-state index is 10.6. The predicted molar refractivity (Wildman–Crippen MR) is 67.3 cm³/mol. The number of carboxylic acids is 1. The van der Waals surface area contributed by atoms with Crippen LogP contribution < -0.4 is 5.73 Å². The van der Waals surface area contributed by atoms with Crippen LogP contribution in [0.1, 0.15) is 10.7 Å². The lowest BCUT2D eigenvalue weighted by Crippen LogP contribution is -2.32. The van der Waals surface area contributed by atoms with Crippen LogP contribution >= 0.6 is 22.7 Å². The minimum absolute atomic E-state index is 0.191. The van der Waals surface area contributed by atoms with Gasteiger partial charge in [0.25, 0.3) is 0 Å². The van der Waals surface area contributed by atoms with E-state index in [9.17, 15) is 4.79 Å². The van der Waals surface area contributed by atoms with E-state index in [-0.39, 0.29) is 6.42 Å². The van der Waals surface area contributed by atoms with Crippen molar-refractivity contribution in [1.29, 1.82) is 5.26 Å². The molecule has 0 aromatic carbocycles. The number of nitrogens with zero attached hydrogens (tertiary/aromatic N) is 3. The average Bonchev–Trinajstić information content (AvgIpc) is 2.96. The van der Waals surface area contributed by atoms with Crippen molar-refractivity contribution in [3.63, 3.8) is 0 Å². The highest BCUT2D eigenvalue weighted by Gasteiger charge is 2.15. The Morgan fingerprint density at radius 2 is 2.28 bits per heavy atom. The maximum absolute atomic E-state index is 10.6. The van der Waals surface area contributed by atoms with Crippen molar-refractivity contribution in [3.8, 4) is 16.8 Å². The van der Waals surface area contributed by atoms with E-state index in [1.807, 2.05) is 6.07 Å². The summed E-state index contributed by atoms with van der Waals surface area (Å²) in [5, 5.41) is 22.1. The Morgan fingerprint density at radius 1 is 1.50 bits per heavy atom. The van der Waals surface area contributed by atoms with Gasteiger partial charge in [-0.1, -0.05) is 0 Å². The first kappa shape index (κ1) is 12.6. The highest BCUT2D eigenvalue weighted by atomic mass is 32.1. The van der Waals surface area contributed by atoms with Gasteiger partial charge in [-0.25, -0.2) is 9.97 Å². The summed E-state index contributed by atoms with van der Waals surface area (Å²) in [5.74, 6) is -1.05. The van der Waals surface area contributed by atoms with Crippen LogP contribution in [0.25, 0.3) is 10.7 Å². The quantitative estimate of drug-likeness (QED) is 0.866. The summed E-state index contributed by atoms with van der Waals surface area (Å²) in [6, 6.07) is 0.999. The van der Waals surface area contributed by atoms with Crippen molar-refractivity contribution in [1.82, 2.24) is 9.97 Å². The van der Waals surface area contributed by atoms with Gasteiger partial charge in [0.05, 0.1) is 5.01 Å². The molecule has 0 amide bonds. The molecule has 0 bridgehead atoms. The van der Waals surface area contributed by atoms with Crippen LogP contribution in [0.15, 0.2) is 10.8 Å². The number of carbonyl (C=O) groups is 1. The van der Waals surface area contributed by atoms with E-state index in [2.05, 4.69) is 9.97 Å². The molecule has 2 aromatic rings. The van der Waals surface area contributed by atoms with E-state index in [1.54, 1.807) is 10.8 Å². The molecule has 2 heterocycles. The maximum Gasteiger partial charge on any atom is 0.320 e. The predicted octanol–water partition coefficient (Wildman–Crippen LogP) is 1.09. The minimum atomic E-state index is -1.05. The van der Waals surface area contributed by atoms with Crippen molar-refractivity contribution in [2.45, 2.75) is 12.5 Å². The van der Waals surface area contributed by atoms with E-state index < -0.39 is 12.0 Å². The van der Waals surface area contributed by atoms with E-state index in [0.717, 1.165) is 0 Å². The lowest BCUT2D eigenvalue weighted by molar-refractivity contribution is -0.138. The number of hydrogen-bond acceptors (Lipinski definition) is 7. The largest absolute Gasteiger partial charge is 0.480 e. The molecule has 0 saturated heterocycles. The number of carboxylic acid groups (broad SMARTS) is 1. The second kappa shape index (κ2) is 5.22. The molecule has 3 N–H and O–H groups in total. The topological polar surface area (TPSA) is 113 Å².